The highest BCUT2D eigenvalue weighted by atomic mass is 16.6. The first-order valence-corrected chi connectivity index (χ1v) is 10.9. The highest BCUT2D eigenvalue weighted by Gasteiger charge is 2.34. The lowest BCUT2D eigenvalue weighted by molar-refractivity contribution is 0.0218. The predicted molar refractivity (Wildman–Crippen MR) is 124 cm³/mol. The summed E-state index contributed by atoms with van der Waals surface area (Å²) in [7, 11) is 0. The number of aromatic amines is 1. The van der Waals surface area contributed by atoms with Crippen molar-refractivity contribution < 1.29 is 14.3 Å². The molecule has 0 radical (unpaired) electrons. The third kappa shape index (κ3) is 5.22. The zero-order valence-corrected chi connectivity index (χ0v) is 18.8. The molecule has 3 N–H and O–H groups in total. The summed E-state index contributed by atoms with van der Waals surface area (Å²) in [5.41, 5.74) is 8.82. The van der Waals surface area contributed by atoms with Gasteiger partial charge in [0.1, 0.15) is 23.8 Å². The van der Waals surface area contributed by atoms with E-state index >= 15 is 0 Å². The van der Waals surface area contributed by atoms with Gasteiger partial charge in [0.2, 0.25) is 0 Å². The highest BCUT2D eigenvalue weighted by Crippen LogP contribution is 2.33. The number of nitrogen functional groups attached to an aromatic ring is 1. The molecule has 0 aliphatic carbocycles. The van der Waals surface area contributed by atoms with E-state index in [0.29, 0.717) is 13.2 Å². The number of rotatable bonds is 5. The third-order valence-electron chi connectivity index (χ3n) is 5.33. The predicted octanol–water partition coefficient (Wildman–Crippen LogP) is 5.31. The molecule has 1 atom stereocenters. The number of likely N-dealkylation sites (tertiary alicyclic amines) is 1. The summed E-state index contributed by atoms with van der Waals surface area (Å²) in [6.07, 6.45) is 3.38. The van der Waals surface area contributed by atoms with Crippen molar-refractivity contribution in [1.82, 2.24) is 14.9 Å². The van der Waals surface area contributed by atoms with Crippen molar-refractivity contribution in [3.63, 3.8) is 0 Å². The van der Waals surface area contributed by atoms with Gasteiger partial charge in [-0.25, -0.2) is 9.78 Å². The Kier molecular flexibility index (Phi) is 6.08. The molecule has 32 heavy (non-hydrogen) atoms. The van der Waals surface area contributed by atoms with Gasteiger partial charge in [-0.3, -0.25) is 4.90 Å². The molecule has 7 heteroatoms. The van der Waals surface area contributed by atoms with Crippen LogP contribution in [0.25, 0.3) is 11.3 Å². The summed E-state index contributed by atoms with van der Waals surface area (Å²) in [5, 5.41) is 0. The molecule has 0 spiro atoms. The summed E-state index contributed by atoms with van der Waals surface area (Å²) in [4.78, 5) is 22.4. The Morgan fingerprint density at radius 2 is 1.88 bits per heavy atom. The van der Waals surface area contributed by atoms with Gasteiger partial charge < -0.3 is 20.2 Å². The lowest BCUT2D eigenvalue weighted by Gasteiger charge is -2.27. The van der Waals surface area contributed by atoms with Gasteiger partial charge in [0.25, 0.3) is 0 Å². The number of imidazole rings is 1. The largest absolute Gasteiger partial charge is 0.489 e. The smallest absolute Gasteiger partial charge is 0.410 e. The van der Waals surface area contributed by atoms with Crippen molar-refractivity contribution in [3.05, 3.63) is 66.1 Å². The molecule has 1 saturated heterocycles. The van der Waals surface area contributed by atoms with Crippen LogP contribution in [-0.2, 0) is 11.3 Å². The quantitative estimate of drug-likeness (QED) is 0.531. The Bertz CT molecular complexity index is 1050. The molecule has 1 aromatic heterocycles. The standard InChI is InChI=1S/C25H30N4O3/c1-25(2,3)32-24(30)29-14-4-5-22(29)23-27-15-21(28-23)18-8-12-20(13-9-18)31-16-17-6-10-19(26)11-7-17/h6-13,15,22H,4-5,14,16,26H2,1-3H3,(H,27,28)/t22-/m0/s1. The van der Waals surface area contributed by atoms with Crippen LogP contribution in [0.2, 0.25) is 0 Å². The number of benzene rings is 2. The van der Waals surface area contributed by atoms with Gasteiger partial charge in [-0.15, -0.1) is 0 Å². The molecular weight excluding hydrogens is 404 g/mol. The van der Waals surface area contributed by atoms with Gasteiger partial charge in [-0.2, -0.15) is 0 Å². The van der Waals surface area contributed by atoms with E-state index < -0.39 is 5.60 Å². The van der Waals surface area contributed by atoms with E-state index in [1.54, 1.807) is 4.90 Å². The Morgan fingerprint density at radius 1 is 1.16 bits per heavy atom. The van der Waals surface area contributed by atoms with Gasteiger partial charge in [0, 0.05) is 24.0 Å². The minimum Gasteiger partial charge on any atom is -0.489 e. The number of anilines is 1. The van der Waals surface area contributed by atoms with Crippen LogP contribution in [0.3, 0.4) is 0 Å². The topological polar surface area (TPSA) is 93.5 Å². The molecule has 2 aromatic carbocycles. The first-order valence-electron chi connectivity index (χ1n) is 10.9. The Labute approximate surface area is 188 Å². The van der Waals surface area contributed by atoms with Crippen LogP contribution in [0.5, 0.6) is 5.75 Å². The minimum absolute atomic E-state index is 0.0962. The molecule has 168 valence electrons. The second kappa shape index (κ2) is 8.94. The fourth-order valence-corrected chi connectivity index (χ4v) is 3.75. The lowest BCUT2D eigenvalue weighted by atomic mass is 10.1. The number of carbonyl (C=O) groups is 1. The van der Waals surface area contributed by atoms with E-state index in [-0.39, 0.29) is 12.1 Å². The molecular formula is C25H30N4O3. The van der Waals surface area contributed by atoms with Crippen molar-refractivity contribution in [2.45, 2.75) is 51.9 Å². The molecule has 1 fully saturated rings. The summed E-state index contributed by atoms with van der Waals surface area (Å²) in [5.74, 6) is 1.57. The zero-order valence-electron chi connectivity index (χ0n) is 18.8. The van der Waals surface area contributed by atoms with E-state index in [4.69, 9.17) is 20.2 Å². The van der Waals surface area contributed by atoms with Gasteiger partial charge in [-0.05, 0) is 75.6 Å². The van der Waals surface area contributed by atoms with Crippen LogP contribution in [0.15, 0.2) is 54.7 Å². The normalized spacial score (nSPS) is 16.2. The second-order valence-electron chi connectivity index (χ2n) is 9.06. The summed E-state index contributed by atoms with van der Waals surface area (Å²) < 4.78 is 11.4. The number of carbonyl (C=O) groups excluding carboxylic acids is 1. The van der Waals surface area contributed by atoms with E-state index in [0.717, 1.165) is 46.9 Å². The average molecular weight is 435 g/mol. The monoisotopic (exact) mass is 434 g/mol. The summed E-state index contributed by atoms with van der Waals surface area (Å²) in [6.45, 7) is 6.79. The van der Waals surface area contributed by atoms with E-state index in [2.05, 4.69) is 4.98 Å². The highest BCUT2D eigenvalue weighted by molar-refractivity contribution is 5.69. The van der Waals surface area contributed by atoms with E-state index in [1.165, 1.54) is 0 Å². The number of aromatic nitrogens is 2. The van der Waals surface area contributed by atoms with Gasteiger partial charge in [0.05, 0.1) is 11.7 Å². The number of H-pyrrole nitrogens is 1. The molecule has 1 aliphatic rings. The van der Waals surface area contributed by atoms with Crippen molar-refractivity contribution in [3.8, 4) is 17.0 Å². The number of ether oxygens (including phenoxy) is 2. The second-order valence-corrected chi connectivity index (χ2v) is 9.06. The molecule has 0 bridgehead atoms. The van der Waals surface area contributed by atoms with Crippen LogP contribution in [0.4, 0.5) is 10.5 Å². The molecule has 3 aromatic rings. The Hall–Kier alpha value is -3.48. The SMILES string of the molecule is CC(C)(C)OC(=O)N1CCC[C@H]1c1nc(-c2ccc(OCc3ccc(N)cc3)cc2)c[nH]1. The van der Waals surface area contributed by atoms with Gasteiger partial charge in [-0.1, -0.05) is 12.1 Å². The Morgan fingerprint density at radius 3 is 2.56 bits per heavy atom. The van der Waals surface area contributed by atoms with E-state index in [1.807, 2.05) is 75.5 Å². The van der Waals surface area contributed by atoms with Gasteiger partial charge in [0.15, 0.2) is 0 Å². The van der Waals surface area contributed by atoms with Crippen LogP contribution in [0, 0.1) is 0 Å². The van der Waals surface area contributed by atoms with Crippen LogP contribution < -0.4 is 10.5 Å². The number of hydrogen-bond donors (Lipinski definition) is 2. The third-order valence-corrected chi connectivity index (χ3v) is 5.33. The molecule has 0 saturated carbocycles. The lowest BCUT2D eigenvalue weighted by Crippen LogP contribution is -2.36. The number of nitrogens with two attached hydrogens (primary N) is 1. The van der Waals surface area contributed by atoms with Crippen molar-refractivity contribution in [1.29, 1.82) is 0 Å². The van der Waals surface area contributed by atoms with E-state index in [9.17, 15) is 4.79 Å². The molecule has 7 nitrogen and oxygen atoms in total. The van der Waals surface area contributed by atoms with Crippen molar-refractivity contribution >= 4 is 11.8 Å². The number of nitrogens with zero attached hydrogens (tertiary/aromatic N) is 2. The first-order chi connectivity index (χ1) is 15.3. The molecule has 4 rings (SSSR count). The first kappa shape index (κ1) is 21.7. The fourth-order valence-electron chi connectivity index (χ4n) is 3.75. The summed E-state index contributed by atoms with van der Waals surface area (Å²) >= 11 is 0. The van der Waals surface area contributed by atoms with Crippen molar-refractivity contribution in [2.24, 2.45) is 0 Å². The maximum Gasteiger partial charge on any atom is 0.410 e. The fraction of sp³-hybridized carbons (Fsp3) is 0.360. The number of nitrogens with one attached hydrogen (secondary N) is 1. The minimum atomic E-state index is -0.518. The van der Waals surface area contributed by atoms with Crippen LogP contribution in [0.1, 0.15) is 51.0 Å². The molecule has 1 amide bonds. The van der Waals surface area contributed by atoms with Gasteiger partial charge >= 0.3 is 6.09 Å². The average Bonchev–Trinajstić information content (AvgIpc) is 3.42. The van der Waals surface area contributed by atoms with Crippen LogP contribution >= 0.6 is 0 Å². The number of hydrogen-bond acceptors (Lipinski definition) is 5. The maximum absolute atomic E-state index is 12.6. The van der Waals surface area contributed by atoms with Crippen LogP contribution in [-0.4, -0.2) is 33.1 Å². The zero-order chi connectivity index (χ0) is 22.7. The summed E-state index contributed by atoms with van der Waals surface area (Å²) in [6, 6.07) is 15.4. The molecule has 0 unspecified atom stereocenters. The molecule has 1 aliphatic heterocycles. The maximum atomic E-state index is 12.6. The Balaban J connectivity index is 1.40. The van der Waals surface area contributed by atoms with Crippen molar-refractivity contribution in [2.75, 3.05) is 12.3 Å². The number of amides is 1. The molecule has 2 heterocycles.